The summed E-state index contributed by atoms with van der Waals surface area (Å²) in [5.41, 5.74) is 7.65. The lowest BCUT2D eigenvalue weighted by molar-refractivity contribution is 1.05. The van der Waals surface area contributed by atoms with E-state index >= 15 is 0 Å². The highest BCUT2D eigenvalue weighted by Gasteiger charge is 2.13. The van der Waals surface area contributed by atoms with Gasteiger partial charge in [-0.2, -0.15) is 0 Å². The van der Waals surface area contributed by atoms with Crippen LogP contribution >= 0.6 is 0 Å². The Morgan fingerprint density at radius 3 is 1.29 bits per heavy atom. The molecule has 35 heavy (non-hydrogen) atoms. The maximum atomic E-state index is 4.16. The fourth-order valence-electron chi connectivity index (χ4n) is 4.17. The molecule has 0 radical (unpaired) electrons. The lowest BCUT2D eigenvalue weighted by Crippen LogP contribution is -2.10. The van der Waals surface area contributed by atoms with Gasteiger partial charge in [0.2, 0.25) is 0 Å². The SMILES string of the molecule is c1cc(-c2ccc(N(c3ccc(-n4ccnc4)cc3)c3ccc(-n4ccnc4)cc3)cc2)ccn1. The highest BCUT2D eigenvalue weighted by molar-refractivity contribution is 5.79. The number of hydrogen-bond acceptors (Lipinski definition) is 4. The molecule has 0 aliphatic heterocycles. The molecule has 0 fully saturated rings. The van der Waals surface area contributed by atoms with Crippen molar-refractivity contribution >= 4 is 17.1 Å². The van der Waals surface area contributed by atoms with Gasteiger partial charge in [-0.15, -0.1) is 0 Å². The van der Waals surface area contributed by atoms with Gasteiger partial charge in [-0.3, -0.25) is 4.98 Å². The molecule has 0 spiro atoms. The van der Waals surface area contributed by atoms with Crippen LogP contribution in [-0.4, -0.2) is 24.1 Å². The summed E-state index contributed by atoms with van der Waals surface area (Å²) in [5.74, 6) is 0. The molecule has 0 N–H and O–H groups in total. The van der Waals surface area contributed by atoms with Crippen molar-refractivity contribution in [3.8, 4) is 22.5 Å². The lowest BCUT2D eigenvalue weighted by atomic mass is 10.1. The van der Waals surface area contributed by atoms with Gasteiger partial charge in [0.1, 0.15) is 0 Å². The van der Waals surface area contributed by atoms with Crippen LogP contribution in [-0.2, 0) is 0 Å². The number of pyridine rings is 1. The molecule has 3 heterocycles. The van der Waals surface area contributed by atoms with E-state index in [1.54, 1.807) is 25.0 Å². The van der Waals surface area contributed by atoms with Gasteiger partial charge in [-0.1, -0.05) is 12.1 Å². The monoisotopic (exact) mass is 454 g/mol. The molecule has 0 amide bonds. The molecule has 0 saturated heterocycles. The maximum Gasteiger partial charge on any atom is 0.0991 e. The third-order valence-electron chi connectivity index (χ3n) is 5.96. The number of imidazole rings is 2. The van der Waals surface area contributed by atoms with E-state index < -0.39 is 0 Å². The first-order chi connectivity index (χ1) is 17.3. The van der Waals surface area contributed by atoms with E-state index in [-0.39, 0.29) is 0 Å². The van der Waals surface area contributed by atoms with Crippen LogP contribution in [0.1, 0.15) is 0 Å². The number of rotatable bonds is 6. The highest BCUT2D eigenvalue weighted by Crippen LogP contribution is 2.36. The number of nitrogens with zero attached hydrogens (tertiary/aromatic N) is 6. The van der Waals surface area contributed by atoms with Crippen molar-refractivity contribution in [3.63, 3.8) is 0 Å². The van der Waals surface area contributed by atoms with Crippen LogP contribution in [0, 0.1) is 0 Å². The Morgan fingerprint density at radius 2 is 0.857 bits per heavy atom. The summed E-state index contributed by atoms with van der Waals surface area (Å²) in [6, 6.07) is 29.6. The van der Waals surface area contributed by atoms with Crippen LogP contribution in [0.5, 0.6) is 0 Å². The van der Waals surface area contributed by atoms with E-state index in [1.165, 1.54) is 0 Å². The molecular formula is C29H22N6. The number of anilines is 3. The fraction of sp³-hybridized carbons (Fsp3) is 0. The maximum absolute atomic E-state index is 4.16. The summed E-state index contributed by atoms with van der Waals surface area (Å²) in [6.45, 7) is 0. The first-order valence-corrected chi connectivity index (χ1v) is 11.3. The van der Waals surface area contributed by atoms with E-state index in [0.717, 1.165) is 39.6 Å². The Bertz CT molecular complexity index is 1410. The summed E-state index contributed by atoms with van der Waals surface area (Å²) in [7, 11) is 0. The predicted octanol–water partition coefficient (Wildman–Crippen LogP) is 6.59. The Kier molecular flexibility index (Phi) is 5.37. The first-order valence-electron chi connectivity index (χ1n) is 11.3. The molecule has 168 valence electrons. The summed E-state index contributed by atoms with van der Waals surface area (Å²) in [5, 5.41) is 0. The third kappa shape index (κ3) is 4.20. The van der Waals surface area contributed by atoms with Crippen LogP contribution in [0.4, 0.5) is 17.1 Å². The average molecular weight is 455 g/mol. The summed E-state index contributed by atoms with van der Waals surface area (Å²) in [4.78, 5) is 14.7. The minimum absolute atomic E-state index is 1.06. The van der Waals surface area contributed by atoms with Crippen molar-refractivity contribution < 1.29 is 0 Å². The zero-order valence-electron chi connectivity index (χ0n) is 18.9. The molecule has 6 rings (SSSR count). The van der Waals surface area contributed by atoms with Crippen LogP contribution in [0.2, 0.25) is 0 Å². The van der Waals surface area contributed by atoms with Crippen LogP contribution in [0.3, 0.4) is 0 Å². The first kappa shape index (κ1) is 20.6. The van der Waals surface area contributed by atoms with Gasteiger partial charge in [0.05, 0.1) is 12.7 Å². The largest absolute Gasteiger partial charge is 0.311 e. The standard InChI is InChI=1S/C29H22N6/c1-3-27(4-2-23(1)24-13-15-30-16-14-24)35(28-9-5-25(6-10-28)33-19-17-31-21-33)29-11-7-26(8-12-29)34-20-18-32-22-34/h1-22H. The van der Waals surface area contributed by atoms with E-state index in [0.29, 0.717) is 0 Å². The number of hydrogen-bond donors (Lipinski definition) is 0. The molecule has 0 aliphatic carbocycles. The predicted molar refractivity (Wildman–Crippen MR) is 139 cm³/mol. The number of aromatic nitrogens is 5. The molecule has 0 aliphatic rings. The number of benzene rings is 3. The fourth-order valence-corrected chi connectivity index (χ4v) is 4.17. The van der Waals surface area contributed by atoms with Crippen LogP contribution in [0.15, 0.2) is 135 Å². The highest BCUT2D eigenvalue weighted by atomic mass is 15.1. The van der Waals surface area contributed by atoms with Gasteiger partial charge in [0.15, 0.2) is 0 Å². The minimum Gasteiger partial charge on any atom is -0.311 e. The molecular weight excluding hydrogens is 432 g/mol. The minimum atomic E-state index is 1.06. The zero-order chi connectivity index (χ0) is 23.5. The Morgan fingerprint density at radius 1 is 0.429 bits per heavy atom. The van der Waals surface area contributed by atoms with E-state index in [4.69, 9.17) is 0 Å². The molecule has 6 aromatic rings. The van der Waals surface area contributed by atoms with Gasteiger partial charge >= 0.3 is 0 Å². The molecule has 3 aromatic carbocycles. The van der Waals surface area contributed by atoms with E-state index in [9.17, 15) is 0 Å². The topological polar surface area (TPSA) is 51.8 Å². The summed E-state index contributed by atoms with van der Waals surface area (Å²) >= 11 is 0. The molecule has 0 unspecified atom stereocenters. The quantitative estimate of drug-likeness (QED) is 0.285. The van der Waals surface area contributed by atoms with E-state index in [2.05, 4.69) is 92.6 Å². The molecule has 0 atom stereocenters. The van der Waals surface area contributed by atoms with Crippen molar-refractivity contribution in [2.45, 2.75) is 0 Å². The Balaban J connectivity index is 1.39. The van der Waals surface area contributed by atoms with Gasteiger partial charge in [0, 0.05) is 65.6 Å². The summed E-state index contributed by atoms with van der Waals surface area (Å²) in [6.07, 6.45) is 14.7. The van der Waals surface area contributed by atoms with Gasteiger partial charge in [-0.25, -0.2) is 9.97 Å². The van der Waals surface area contributed by atoms with Gasteiger partial charge in [0.25, 0.3) is 0 Å². The molecule has 0 saturated carbocycles. The normalized spacial score (nSPS) is 10.9. The molecule has 0 bridgehead atoms. The van der Waals surface area contributed by atoms with Crippen molar-refractivity contribution in [1.82, 2.24) is 24.1 Å². The van der Waals surface area contributed by atoms with Crippen molar-refractivity contribution in [2.75, 3.05) is 4.90 Å². The Hall–Kier alpha value is -4.97. The van der Waals surface area contributed by atoms with Gasteiger partial charge < -0.3 is 14.0 Å². The van der Waals surface area contributed by atoms with Crippen molar-refractivity contribution in [2.24, 2.45) is 0 Å². The van der Waals surface area contributed by atoms with Crippen LogP contribution < -0.4 is 4.90 Å². The lowest BCUT2D eigenvalue weighted by Gasteiger charge is -2.26. The summed E-state index contributed by atoms with van der Waals surface area (Å²) < 4.78 is 4.00. The second kappa shape index (κ2) is 9.11. The second-order valence-corrected chi connectivity index (χ2v) is 8.09. The average Bonchev–Trinajstić information content (AvgIpc) is 3.66. The van der Waals surface area contributed by atoms with Crippen molar-refractivity contribution in [3.05, 3.63) is 135 Å². The molecule has 6 nitrogen and oxygen atoms in total. The third-order valence-corrected chi connectivity index (χ3v) is 5.96. The smallest absolute Gasteiger partial charge is 0.0991 e. The zero-order valence-corrected chi connectivity index (χ0v) is 18.9. The van der Waals surface area contributed by atoms with Crippen molar-refractivity contribution in [1.29, 1.82) is 0 Å². The van der Waals surface area contributed by atoms with Crippen LogP contribution in [0.25, 0.3) is 22.5 Å². The van der Waals surface area contributed by atoms with Gasteiger partial charge in [-0.05, 0) is 83.9 Å². The second-order valence-electron chi connectivity index (χ2n) is 8.09. The molecule has 6 heteroatoms. The Labute approximate surface area is 203 Å². The molecule has 3 aromatic heterocycles. The van der Waals surface area contributed by atoms with E-state index in [1.807, 2.05) is 46.1 Å².